The highest BCUT2D eigenvalue weighted by Gasteiger charge is 2.11. The minimum atomic E-state index is -0.600. The molecule has 0 fully saturated rings. The highest BCUT2D eigenvalue weighted by molar-refractivity contribution is 6.17. The van der Waals surface area contributed by atoms with Gasteiger partial charge in [0.25, 0.3) is 0 Å². The van der Waals surface area contributed by atoms with Crippen molar-refractivity contribution in [3.63, 3.8) is 0 Å². The molecule has 0 aromatic heterocycles. The Morgan fingerprint density at radius 3 is 2.42 bits per heavy atom. The van der Waals surface area contributed by atoms with Gasteiger partial charge in [-0.15, -0.1) is 11.6 Å². The van der Waals surface area contributed by atoms with Crippen LogP contribution in [0.1, 0.15) is 20.3 Å². The summed E-state index contributed by atoms with van der Waals surface area (Å²) in [6.07, 6.45) is -0.182. The number of carbonyl (C=O) groups is 2. The van der Waals surface area contributed by atoms with E-state index in [4.69, 9.17) is 16.3 Å². The number of hydrogen-bond acceptors (Lipinski definition) is 3. The Morgan fingerprint density at radius 2 is 2.08 bits per heavy atom. The van der Waals surface area contributed by atoms with E-state index in [-0.39, 0.29) is 5.91 Å². The second-order valence-corrected chi connectivity index (χ2v) is 2.65. The summed E-state index contributed by atoms with van der Waals surface area (Å²) in [7, 11) is 0. The number of ether oxygens (including phenoxy) is 1. The van der Waals surface area contributed by atoms with Gasteiger partial charge in [-0.1, -0.05) is 0 Å². The molecule has 0 aromatic rings. The topological polar surface area (TPSA) is 55.4 Å². The third-order valence-corrected chi connectivity index (χ3v) is 1.26. The molecule has 0 aliphatic heterocycles. The second-order valence-electron chi connectivity index (χ2n) is 2.28. The predicted molar refractivity (Wildman–Crippen MR) is 44.7 cm³/mol. The lowest BCUT2D eigenvalue weighted by atomic mass is 10.4. The van der Waals surface area contributed by atoms with Crippen LogP contribution >= 0.6 is 11.6 Å². The van der Waals surface area contributed by atoms with Crippen molar-refractivity contribution in [1.82, 2.24) is 5.32 Å². The van der Waals surface area contributed by atoms with Crippen LogP contribution in [0, 0.1) is 0 Å². The fourth-order valence-corrected chi connectivity index (χ4v) is 0.885. The average molecular weight is 194 g/mol. The van der Waals surface area contributed by atoms with Crippen LogP contribution < -0.4 is 5.32 Å². The van der Waals surface area contributed by atoms with Crippen molar-refractivity contribution in [1.29, 1.82) is 0 Å². The maximum Gasteiger partial charge on any atom is 0.304 e. The molecule has 0 aliphatic carbocycles. The van der Waals surface area contributed by atoms with E-state index in [0.717, 1.165) is 0 Å². The fraction of sp³-hybridized carbons (Fsp3) is 0.714. The Morgan fingerprint density at radius 1 is 1.50 bits per heavy atom. The van der Waals surface area contributed by atoms with Crippen molar-refractivity contribution in [2.45, 2.75) is 26.5 Å². The minimum Gasteiger partial charge on any atom is -0.442 e. The summed E-state index contributed by atoms with van der Waals surface area (Å²) < 4.78 is 4.75. The zero-order chi connectivity index (χ0) is 9.56. The van der Waals surface area contributed by atoms with Gasteiger partial charge in [-0.2, -0.15) is 0 Å². The summed E-state index contributed by atoms with van der Waals surface area (Å²) in [5.74, 6) is -0.344. The third kappa shape index (κ3) is 5.97. The monoisotopic (exact) mass is 193 g/mol. The summed E-state index contributed by atoms with van der Waals surface area (Å²) in [6, 6.07) is 0. The molecule has 0 saturated heterocycles. The highest BCUT2D eigenvalue weighted by atomic mass is 35.5. The van der Waals surface area contributed by atoms with E-state index in [1.807, 2.05) is 0 Å². The van der Waals surface area contributed by atoms with Crippen LogP contribution in [0.2, 0.25) is 0 Å². The molecule has 0 aromatic carbocycles. The van der Waals surface area contributed by atoms with E-state index in [2.05, 4.69) is 5.32 Å². The molecule has 70 valence electrons. The SMILES string of the molecule is CC(=O)NC(CCCl)OC(C)=O. The predicted octanol–water partition coefficient (Wildman–Crippen LogP) is 0.641. The van der Waals surface area contributed by atoms with Gasteiger partial charge in [-0.3, -0.25) is 9.59 Å². The Labute approximate surface area is 76.2 Å². The zero-order valence-corrected chi connectivity index (χ0v) is 7.85. The zero-order valence-electron chi connectivity index (χ0n) is 7.09. The number of nitrogens with one attached hydrogen (secondary N) is 1. The van der Waals surface area contributed by atoms with Gasteiger partial charge in [-0.25, -0.2) is 0 Å². The van der Waals surface area contributed by atoms with Gasteiger partial charge < -0.3 is 10.1 Å². The van der Waals surface area contributed by atoms with E-state index >= 15 is 0 Å². The van der Waals surface area contributed by atoms with Crippen LogP contribution in [0.4, 0.5) is 0 Å². The molecule has 0 spiro atoms. The summed E-state index contributed by atoms with van der Waals surface area (Å²) >= 11 is 5.42. The maximum absolute atomic E-state index is 10.6. The standard InChI is InChI=1S/C7H12ClNO3/c1-5(10)9-7(3-4-8)12-6(2)11/h7H,3-4H2,1-2H3,(H,9,10). The Hall–Kier alpha value is -0.770. The molecule has 0 rings (SSSR count). The second kappa shape index (κ2) is 5.83. The lowest BCUT2D eigenvalue weighted by Gasteiger charge is -2.15. The number of hydrogen-bond donors (Lipinski definition) is 1. The molecule has 12 heavy (non-hydrogen) atoms. The summed E-state index contributed by atoms with van der Waals surface area (Å²) in [5.41, 5.74) is 0. The van der Waals surface area contributed by atoms with Gasteiger partial charge in [-0.05, 0) is 0 Å². The fourth-order valence-electron chi connectivity index (χ4n) is 0.687. The molecule has 4 nitrogen and oxygen atoms in total. The van der Waals surface area contributed by atoms with Crippen LogP contribution in [0.15, 0.2) is 0 Å². The first kappa shape index (κ1) is 11.2. The molecule has 1 atom stereocenters. The summed E-state index contributed by atoms with van der Waals surface area (Å²) in [5, 5.41) is 2.45. The van der Waals surface area contributed by atoms with Gasteiger partial charge in [0.05, 0.1) is 0 Å². The van der Waals surface area contributed by atoms with Crippen molar-refractivity contribution in [3.05, 3.63) is 0 Å². The van der Waals surface area contributed by atoms with E-state index < -0.39 is 12.2 Å². The average Bonchev–Trinajstić information content (AvgIpc) is 1.84. The van der Waals surface area contributed by atoms with Crippen molar-refractivity contribution >= 4 is 23.5 Å². The Balaban J connectivity index is 3.85. The number of alkyl halides is 1. The van der Waals surface area contributed by atoms with Crippen molar-refractivity contribution < 1.29 is 14.3 Å². The molecule has 0 bridgehead atoms. The minimum absolute atomic E-state index is 0.244. The highest BCUT2D eigenvalue weighted by Crippen LogP contribution is 1.97. The Bertz CT molecular complexity index is 156. The van der Waals surface area contributed by atoms with E-state index in [1.54, 1.807) is 0 Å². The molecule has 1 N–H and O–H groups in total. The van der Waals surface area contributed by atoms with E-state index in [1.165, 1.54) is 13.8 Å². The van der Waals surface area contributed by atoms with Crippen molar-refractivity contribution in [2.24, 2.45) is 0 Å². The molecule has 5 heteroatoms. The molecule has 1 amide bonds. The maximum atomic E-state index is 10.6. The number of carbonyl (C=O) groups excluding carboxylic acids is 2. The summed E-state index contributed by atoms with van der Waals surface area (Å²) in [4.78, 5) is 21.1. The van der Waals surface area contributed by atoms with E-state index in [9.17, 15) is 9.59 Å². The number of rotatable bonds is 4. The first-order valence-corrected chi connectivity index (χ1v) is 4.10. The lowest BCUT2D eigenvalue weighted by Crippen LogP contribution is -2.36. The lowest BCUT2D eigenvalue weighted by molar-refractivity contribution is -0.149. The molecule has 0 aliphatic rings. The number of amides is 1. The van der Waals surface area contributed by atoms with Crippen LogP contribution in [0.25, 0.3) is 0 Å². The quantitative estimate of drug-likeness (QED) is 0.405. The van der Waals surface area contributed by atoms with Crippen LogP contribution in [-0.2, 0) is 14.3 Å². The molecule has 1 unspecified atom stereocenters. The largest absolute Gasteiger partial charge is 0.442 e. The molecule has 0 saturated carbocycles. The van der Waals surface area contributed by atoms with Gasteiger partial charge in [0, 0.05) is 26.1 Å². The van der Waals surface area contributed by atoms with Gasteiger partial charge in [0.1, 0.15) is 0 Å². The smallest absolute Gasteiger partial charge is 0.304 e. The van der Waals surface area contributed by atoms with Gasteiger partial charge in [0.15, 0.2) is 6.23 Å². The number of esters is 1. The molecule has 0 heterocycles. The van der Waals surface area contributed by atoms with Crippen LogP contribution in [-0.4, -0.2) is 24.0 Å². The van der Waals surface area contributed by atoms with Crippen molar-refractivity contribution in [3.8, 4) is 0 Å². The van der Waals surface area contributed by atoms with Crippen LogP contribution in [0.5, 0.6) is 0 Å². The Kier molecular flexibility index (Phi) is 5.45. The molecular weight excluding hydrogens is 182 g/mol. The summed E-state index contributed by atoms with van der Waals surface area (Å²) in [6.45, 7) is 2.63. The van der Waals surface area contributed by atoms with E-state index in [0.29, 0.717) is 12.3 Å². The van der Waals surface area contributed by atoms with Gasteiger partial charge >= 0.3 is 5.97 Å². The number of halogens is 1. The first-order valence-electron chi connectivity index (χ1n) is 3.56. The first-order chi connectivity index (χ1) is 5.56. The van der Waals surface area contributed by atoms with Crippen LogP contribution in [0.3, 0.4) is 0 Å². The molecular formula is C7H12ClNO3. The van der Waals surface area contributed by atoms with Crippen molar-refractivity contribution in [2.75, 3.05) is 5.88 Å². The van der Waals surface area contributed by atoms with Gasteiger partial charge in [0.2, 0.25) is 5.91 Å². The third-order valence-electron chi connectivity index (χ3n) is 1.04. The molecule has 0 radical (unpaired) electrons. The normalized spacial score (nSPS) is 11.9.